The van der Waals surface area contributed by atoms with Crippen molar-refractivity contribution in [1.29, 1.82) is 0 Å². The maximum atomic E-state index is 12.4. The topological polar surface area (TPSA) is 84.4 Å². The van der Waals surface area contributed by atoms with Gasteiger partial charge in [-0.1, -0.05) is 13.8 Å². The number of hydrogen-bond acceptors (Lipinski definition) is 7. The van der Waals surface area contributed by atoms with E-state index < -0.39 is 0 Å². The molecule has 0 unspecified atom stereocenters. The zero-order chi connectivity index (χ0) is 21.1. The summed E-state index contributed by atoms with van der Waals surface area (Å²) < 4.78 is 5.26. The molecule has 0 aliphatic carbocycles. The highest BCUT2D eigenvalue weighted by Crippen LogP contribution is 2.35. The second kappa shape index (κ2) is 9.07. The van der Waals surface area contributed by atoms with Gasteiger partial charge in [0.05, 0.1) is 11.3 Å². The maximum absolute atomic E-state index is 12.4. The van der Waals surface area contributed by atoms with Crippen LogP contribution in [0.15, 0.2) is 6.33 Å². The molecule has 1 atom stereocenters. The van der Waals surface area contributed by atoms with Gasteiger partial charge in [0.15, 0.2) is 6.61 Å². The van der Waals surface area contributed by atoms with Crippen molar-refractivity contribution in [3.8, 4) is 0 Å². The van der Waals surface area contributed by atoms with Crippen molar-refractivity contribution in [2.24, 2.45) is 11.8 Å². The van der Waals surface area contributed by atoms with Gasteiger partial charge in [-0.3, -0.25) is 9.59 Å². The van der Waals surface area contributed by atoms with Gasteiger partial charge in [-0.25, -0.2) is 9.97 Å². The Balaban J connectivity index is 1.54. The highest BCUT2D eigenvalue weighted by atomic mass is 32.1. The number of esters is 1. The van der Waals surface area contributed by atoms with E-state index >= 15 is 0 Å². The second-order valence-electron chi connectivity index (χ2n) is 8.13. The average molecular weight is 419 g/mol. The molecule has 1 aliphatic rings. The van der Waals surface area contributed by atoms with Crippen molar-refractivity contribution < 1.29 is 14.3 Å². The predicted octanol–water partition coefficient (Wildman–Crippen LogP) is 3.23. The molecule has 2 aromatic heterocycles. The quantitative estimate of drug-likeness (QED) is 0.725. The van der Waals surface area contributed by atoms with Crippen molar-refractivity contribution in [2.75, 3.05) is 24.6 Å². The van der Waals surface area contributed by atoms with E-state index in [0.717, 1.165) is 29.1 Å². The molecular formula is C21H30N4O3S. The Morgan fingerprint density at radius 2 is 1.93 bits per heavy atom. The molecule has 1 amide bonds. The fraction of sp³-hybridized carbons (Fsp3) is 0.619. The minimum absolute atomic E-state index is 0.0540. The van der Waals surface area contributed by atoms with Crippen LogP contribution in [0.1, 0.15) is 44.1 Å². The lowest BCUT2D eigenvalue weighted by Crippen LogP contribution is -2.40. The lowest BCUT2D eigenvalue weighted by Gasteiger charge is -2.32. The standard InChI is InChI=1S/C21H30N4O3S/c1-12(2)14(4)24-17(26)10-28-21(27)16-6-8-25(9-7-16)19-18-13(3)15(5)29-20(18)23-11-22-19/h11-12,14,16H,6-10H2,1-5H3,(H,24,26)/t14-/m0/s1. The molecule has 2 aromatic rings. The molecule has 8 heteroatoms. The van der Waals surface area contributed by atoms with Gasteiger partial charge in [0.2, 0.25) is 0 Å². The van der Waals surface area contributed by atoms with Crippen molar-refractivity contribution >= 4 is 39.2 Å². The molecule has 1 saturated heterocycles. The Bertz CT molecular complexity index is 887. The lowest BCUT2D eigenvalue weighted by atomic mass is 9.97. The molecule has 1 fully saturated rings. The van der Waals surface area contributed by atoms with Gasteiger partial charge in [0, 0.05) is 24.0 Å². The first-order valence-corrected chi connectivity index (χ1v) is 11.0. The minimum atomic E-state index is -0.285. The molecule has 1 aliphatic heterocycles. The molecule has 29 heavy (non-hydrogen) atoms. The number of thiophene rings is 1. The van der Waals surface area contributed by atoms with E-state index in [-0.39, 0.29) is 30.4 Å². The molecular weight excluding hydrogens is 388 g/mol. The van der Waals surface area contributed by atoms with Gasteiger partial charge in [0.25, 0.3) is 5.91 Å². The Kier molecular flexibility index (Phi) is 6.72. The number of carbonyl (C=O) groups is 2. The number of aromatic nitrogens is 2. The summed E-state index contributed by atoms with van der Waals surface area (Å²) in [5.41, 5.74) is 1.23. The first-order chi connectivity index (χ1) is 13.8. The van der Waals surface area contributed by atoms with Crippen LogP contribution in [0.4, 0.5) is 5.82 Å². The van der Waals surface area contributed by atoms with Crippen LogP contribution in [0.5, 0.6) is 0 Å². The Labute approximate surface area is 175 Å². The third-order valence-corrected chi connectivity index (χ3v) is 6.92. The van der Waals surface area contributed by atoms with E-state index in [1.54, 1.807) is 17.7 Å². The highest BCUT2D eigenvalue weighted by molar-refractivity contribution is 7.18. The van der Waals surface area contributed by atoms with Crippen LogP contribution in [-0.4, -0.2) is 47.6 Å². The Morgan fingerprint density at radius 3 is 2.59 bits per heavy atom. The molecule has 0 radical (unpaired) electrons. The lowest BCUT2D eigenvalue weighted by molar-refractivity contribution is -0.153. The molecule has 7 nitrogen and oxygen atoms in total. The number of carbonyl (C=O) groups excluding carboxylic acids is 2. The van der Waals surface area contributed by atoms with Gasteiger partial charge < -0.3 is 15.0 Å². The van der Waals surface area contributed by atoms with Gasteiger partial charge in [-0.05, 0) is 45.1 Å². The number of aryl methyl sites for hydroxylation is 2. The zero-order valence-corrected chi connectivity index (χ0v) is 18.6. The first kappa shape index (κ1) is 21.5. The van der Waals surface area contributed by atoms with Gasteiger partial charge >= 0.3 is 5.97 Å². The summed E-state index contributed by atoms with van der Waals surface area (Å²) in [5.74, 6) is 0.578. The normalized spacial score (nSPS) is 16.3. The van der Waals surface area contributed by atoms with E-state index in [4.69, 9.17) is 4.74 Å². The van der Waals surface area contributed by atoms with E-state index in [1.807, 2.05) is 20.8 Å². The average Bonchev–Trinajstić information content (AvgIpc) is 3.00. The fourth-order valence-electron chi connectivity index (χ4n) is 3.45. The smallest absolute Gasteiger partial charge is 0.309 e. The van der Waals surface area contributed by atoms with E-state index in [0.29, 0.717) is 18.8 Å². The predicted molar refractivity (Wildman–Crippen MR) is 115 cm³/mol. The third-order valence-electron chi connectivity index (χ3n) is 5.81. The number of anilines is 1. The Hall–Kier alpha value is -2.22. The van der Waals surface area contributed by atoms with Gasteiger partial charge in [0.1, 0.15) is 17.0 Å². The number of hydrogen-bond donors (Lipinski definition) is 1. The van der Waals surface area contributed by atoms with Crippen LogP contribution < -0.4 is 10.2 Å². The van der Waals surface area contributed by atoms with E-state index in [2.05, 4.69) is 34.0 Å². The molecule has 3 heterocycles. The minimum Gasteiger partial charge on any atom is -0.455 e. The second-order valence-corrected chi connectivity index (χ2v) is 9.33. The highest BCUT2D eigenvalue weighted by Gasteiger charge is 2.28. The first-order valence-electron chi connectivity index (χ1n) is 10.2. The number of amides is 1. The number of ether oxygens (including phenoxy) is 1. The molecule has 0 bridgehead atoms. The largest absolute Gasteiger partial charge is 0.455 e. The number of piperidine rings is 1. The molecule has 0 saturated carbocycles. The summed E-state index contributed by atoms with van der Waals surface area (Å²) in [6, 6.07) is 0.0540. The SMILES string of the molecule is Cc1sc2ncnc(N3CCC(C(=O)OCC(=O)N[C@@H](C)C(C)C)CC3)c2c1C. The third kappa shape index (κ3) is 4.86. The van der Waals surface area contributed by atoms with Crippen molar-refractivity contribution in [2.45, 2.75) is 53.5 Å². The van der Waals surface area contributed by atoms with Crippen molar-refractivity contribution in [3.05, 3.63) is 16.8 Å². The van der Waals surface area contributed by atoms with Gasteiger partial charge in [-0.15, -0.1) is 11.3 Å². The molecule has 158 valence electrons. The summed E-state index contributed by atoms with van der Waals surface area (Å²) >= 11 is 1.69. The molecule has 3 rings (SSSR count). The van der Waals surface area contributed by atoms with E-state index in [1.165, 1.54) is 10.4 Å². The summed E-state index contributed by atoms with van der Waals surface area (Å²) in [5, 5.41) is 3.97. The number of rotatable bonds is 6. The number of fused-ring (bicyclic) bond motifs is 1. The van der Waals surface area contributed by atoms with Crippen LogP contribution in [-0.2, 0) is 14.3 Å². The number of nitrogens with zero attached hydrogens (tertiary/aromatic N) is 3. The summed E-state index contributed by atoms with van der Waals surface area (Å²) in [4.78, 5) is 37.7. The van der Waals surface area contributed by atoms with Crippen LogP contribution in [0.2, 0.25) is 0 Å². The monoisotopic (exact) mass is 418 g/mol. The van der Waals surface area contributed by atoms with Crippen molar-refractivity contribution in [3.63, 3.8) is 0 Å². The summed E-state index contributed by atoms with van der Waals surface area (Å²) in [7, 11) is 0. The Morgan fingerprint density at radius 1 is 1.24 bits per heavy atom. The van der Waals surface area contributed by atoms with Crippen LogP contribution in [0, 0.1) is 25.7 Å². The van der Waals surface area contributed by atoms with Crippen LogP contribution in [0.3, 0.4) is 0 Å². The zero-order valence-electron chi connectivity index (χ0n) is 17.8. The van der Waals surface area contributed by atoms with E-state index in [9.17, 15) is 9.59 Å². The van der Waals surface area contributed by atoms with Crippen LogP contribution in [0.25, 0.3) is 10.2 Å². The molecule has 0 aromatic carbocycles. The summed E-state index contributed by atoms with van der Waals surface area (Å²) in [6.07, 6.45) is 3.00. The summed E-state index contributed by atoms with van der Waals surface area (Å²) in [6.45, 7) is 11.5. The maximum Gasteiger partial charge on any atom is 0.309 e. The van der Waals surface area contributed by atoms with Crippen molar-refractivity contribution in [1.82, 2.24) is 15.3 Å². The van der Waals surface area contributed by atoms with Gasteiger partial charge in [-0.2, -0.15) is 0 Å². The van der Waals surface area contributed by atoms with Crippen LogP contribution >= 0.6 is 11.3 Å². The number of nitrogens with one attached hydrogen (secondary N) is 1. The molecule has 1 N–H and O–H groups in total. The molecule has 0 spiro atoms. The fourth-order valence-corrected chi connectivity index (χ4v) is 4.44.